The third kappa shape index (κ3) is 5.23. The van der Waals surface area contributed by atoms with Gasteiger partial charge in [0.25, 0.3) is 0 Å². The van der Waals surface area contributed by atoms with Gasteiger partial charge in [-0.2, -0.15) is 0 Å². The molecular weight excluding hydrogens is 416 g/mol. The molecular formula is C23H20N2O5S. The van der Waals surface area contributed by atoms with Gasteiger partial charge in [0, 0.05) is 17.8 Å². The largest absolute Gasteiger partial charge is 0.454 e. The number of carbonyl (C=O) groups excluding carboxylic acids is 1. The predicted octanol–water partition coefficient (Wildman–Crippen LogP) is 4.17. The first-order chi connectivity index (χ1) is 15.0. The van der Waals surface area contributed by atoms with E-state index in [2.05, 4.69) is 10.0 Å². The number of benzene rings is 3. The Balaban J connectivity index is 1.43. The zero-order valence-electron chi connectivity index (χ0n) is 16.4. The molecule has 0 amide bonds. The van der Waals surface area contributed by atoms with Crippen LogP contribution in [0.25, 0.3) is 0 Å². The second-order valence-electron chi connectivity index (χ2n) is 6.80. The molecule has 3 aromatic rings. The number of anilines is 2. The van der Waals surface area contributed by atoms with Crippen molar-refractivity contribution < 1.29 is 22.7 Å². The number of nitrogens with one attached hydrogen (secondary N) is 2. The van der Waals surface area contributed by atoms with Crippen LogP contribution in [0, 0.1) is 0 Å². The van der Waals surface area contributed by atoms with Crippen LogP contribution in [-0.4, -0.2) is 21.0 Å². The molecule has 0 bridgehead atoms. The van der Waals surface area contributed by atoms with Crippen LogP contribution in [0.1, 0.15) is 15.9 Å². The van der Waals surface area contributed by atoms with E-state index in [0.717, 1.165) is 0 Å². The molecule has 2 N–H and O–H groups in total. The van der Waals surface area contributed by atoms with Crippen LogP contribution < -0.4 is 19.5 Å². The van der Waals surface area contributed by atoms with E-state index in [4.69, 9.17) is 9.47 Å². The van der Waals surface area contributed by atoms with Crippen LogP contribution in [-0.2, 0) is 15.8 Å². The molecule has 1 aliphatic heterocycles. The SMILES string of the molecule is O=C(/C=C/Nc1ccccc1NS(=O)(=O)Cc1ccccc1)c1ccc2c(c1)OCO2. The summed E-state index contributed by atoms with van der Waals surface area (Å²) in [6, 6.07) is 20.8. The third-order valence-corrected chi connectivity index (χ3v) is 5.77. The van der Waals surface area contributed by atoms with Crippen LogP contribution in [0.3, 0.4) is 0 Å². The van der Waals surface area contributed by atoms with Crippen LogP contribution in [0.5, 0.6) is 11.5 Å². The molecule has 4 rings (SSSR count). The van der Waals surface area contributed by atoms with Crippen molar-refractivity contribution in [3.63, 3.8) is 0 Å². The molecule has 31 heavy (non-hydrogen) atoms. The molecule has 0 aromatic heterocycles. The fourth-order valence-electron chi connectivity index (χ4n) is 3.05. The van der Waals surface area contributed by atoms with Crippen molar-refractivity contribution in [2.75, 3.05) is 16.8 Å². The molecule has 0 unspecified atom stereocenters. The van der Waals surface area contributed by atoms with E-state index < -0.39 is 10.0 Å². The highest BCUT2D eigenvalue weighted by Gasteiger charge is 2.16. The summed E-state index contributed by atoms with van der Waals surface area (Å²) in [5.41, 5.74) is 2.06. The lowest BCUT2D eigenvalue weighted by molar-refractivity contribution is 0.104. The van der Waals surface area contributed by atoms with Gasteiger partial charge in [-0.25, -0.2) is 8.42 Å². The quantitative estimate of drug-likeness (QED) is 0.407. The molecule has 158 valence electrons. The highest BCUT2D eigenvalue weighted by Crippen LogP contribution is 2.32. The first-order valence-corrected chi connectivity index (χ1v) is 11.2. The Labute approximate surface area is 180 Å². The highest BCUT2D eigenvalue weighted by molar-refractivity contribution is 7.91. The van der Waals surface area contributed by atoms with Gasteiger partial charge < -0.3 is 14.8 Å². The monoisotopic (exact) mass is 436 g/mol. The second-order valence-corrected chi connectivity index (χ2v) is 8.52. The van der Waals surface area contributed by atoms with Gasteiger partial charge in [0.05, 0.1) is 17.1 Å². The molecule has 3 aromatic carbocycles. The zero-order chi connectivity index (χ0) is 21.7. The van der Waals surface area contributed by atoms with E-state index in [0.29, 0.717) is 34.0 Å². The van der Waals surface area contributed by atoms with E-state index in [1.807, 2.05) is 6.07 Å². The van der Waals surface area contributed by atoms with Gasteiger partial charge >= 0.3 is 0 Å². The van der Waals surface area contributed by atoms with Crippen LogP contribution in [0.15, 0.2) is 85.1 Å². The molecule has 7 nitrogen and oxygen atoms in total. The maximum Gasteiger partial charge on any atom is 0.236 e. The Kier molecular flexibility index (Phi) is 5.90. The van der Waals surface area contributed by atoms with E-state index >= 15 is 0 Å². The lowest BCUT2D eigenvalue weighted by Gasteiger charge is -2.12. The Morgan fingerprint density at radius 1 is 0.903 bits per heavy atom. The Morgan fingerprint density at radius 2 is 1.61 bits per heavy atom. The fraction of sp³-hybridized carbons (Fsp3) is 0.0870. The maximum absolute atomic E-state index is 12.5. The molecule has 0 fully saturated rings. The number of ether oxygens (including phenoxy) is 2. The van der Waals surface area contributed by atoms with Crippen molar-refractivity contribution >= 4 is 27.2 Å². The van der Waals surface area contributed by atoms with Crippen molar-refractivity contribution in [1.82, 2.24) is 0 Å². The van der Waals surface area contributed by atoms with Crippen molar-refractivity contribution in [2.24, 2.45) is 0 Å². The lowest BCUT2D eigenvalue weighted by Crippen LogP contribution is -2.15. The average Bonchev–Trinajstić information content (AvgIpc) is 3.23. The van der Waals surface area contributed by atoms with Gasteiger partial charge in [-0.1, -0.05) is 42.5 Å². The molecule has 0 radical (unpaired) electrons. The topological polar surface area (TPSA) is 93.7 Å². The summed E-state index contributed by atoms with van der Waals surface area (Å²) in [4.78, 5) is 12.4. The Bertz CT molecular complexity index is 1220. The first kappa shape index (κ1) is 20.5. The molecule has 0 saturated heterocycles. The molecule has 0 aliphatic carbocycles. The van der Waals surface area contributed by atoms with Gasteiger partial charge in [0.15, 0.2) is 17.3 Å². The Morgan fingerprint density at radius 3 is 2.42 bits per heavy atom. The van der Waals surface area contributed by atoms with Gasteiger partial charge in [0.2, 0.25) is 16.8 Å². The third-order valence-electron chi connectivity index (χ3n) is 4.52. The second kappa shape index (κ2) is 8.93. The summed E-state index contributed by atoms with van der Waals surface area (Å²) >= 11 is 0. The number of rotatable bonds is 8. The number of carbonyl (C=O) groups is 1. The predicted molar refractivity (Wildman–Crippen MR) is 119 cm³/mol. The number of hydrogen-bond donors (Lipinski definition) is 2. The minimum atomic E-state index is -3.61. The number of fused-ring (bicyclic) bond motifs is 1. The fourth-order valence-corrected chi connectivity index (χ4v) is 4.26. The van der Waals surface area contributed by atoms with Crippen molar-refractivity contribution in [2.45, 2.75) is 5.75 Å². The average molecular weight is 436 g/mol. The molecule has 1 aliphatic rings. The van der Waals surface area contributed by atoms with E-state index in [-0.39, 0.29) is 18.3 Å². The lowest BCUT2D eigenvalue weighted by atomic mass is 10.1. The number of allylic oxidation sites excluding steroid dienone is 1. The standard InChI is InChI=1S/C23H20N2O5S/c26-21(18-10-11-22-23(14-18)30-16-29-22)12-13-24-19-8-4-5-9-20(19)25-31(27,28)15-17-6-2-1-3-7-17/h1-14,24-25H,15-16H2/b13-12+. The van der Waals surface area contributed by atoms with Crippen LogP contribution in [0.4, 0.5) is 11.4 Å². The van der Waals surface area contributed by atoms with Crippen molar-refractivity contribution in [3.05, 3.63) is 96.2 Å². The van der Waals surface area contributed by atoms with E-state index in [9.17, 15) is 13.2 Å². The smallest absolute Gasteiger partial charge is 0.236 e. The summed E-state index contributed by atoms with van der Waals surface area (Å²) in [7, 11) is -3.61. The highest BCUT2D eigenvalue weighted by atomic mass is 32.2. The van der Waals surface area contributed by atoms with Crippen LogP contribution in [0.2, 0.25) is 0 Å². The maximum atomic E-state index is 12.5. The molecule has 0 saturated carbocycles. The number of sulfonamides is 1. The normalized spacial score (nSPS) is 12.6. The zero-order valence-corrected chi connectivity index (χ0v) is 17.3. The van der Waals surface area contributed by atoms with Gasteiger partial charge in [-0.05, 0) is 35.9 Å². The first-order valence-electron chi connectivity index (χ1n) is 9.51. The molecule has 1 heterocycles. The number of ketones is 1. The summed E-state index contributed by atoms with van der Waals surface area (Å²) in [6.45, 7) is 0.140. The molecule has 0 spiro atoms. The summed E-state index contributed by atoms with van der Waals surface area (Å²) in [5, 5.41) is 2.97. The van der Waals surface area contributed by atoms with E-state index in [1.54, 1.807) is 66.7 Å². The molecule has 0 atom stereocenters. The Hall–Kier alpha value is -3.78. The summed E-state index contributed by atoms with van der Waals surface area (Å²) < 4.78 is 38.2. The van der Waals surface area contributed by atoms with Gasteiger partial charge in [0.1, 0.15) is 0 Å². The molecule has 8 heteroatoms. The van der Waals surface area contributed by atoms with Crippen molar-refractivity contribution in [3.8, 4) is 11.5 Å². The van der Waals surface area contributed by atoms with Gasteiger partial charge in [-0.15, -0.1) is 0 Å². The van der Waals surface area contributed by atoms with Crippen LogP contribution >= 0.6 is 0 Å². The van der Waals surface area contributed by atoms with Crippen molar-refractivity contribution in [1.29, 1.82) is 0 Å². The van der Waals surface area contributed by atoms with E-state index in [1.165, 1.54) is 12.3 Å². The summed E-state index contributed by atoms with van der Waals surface area (Å²) in [5.74, 6) is 0.773. The minimum absolute atomic E-state index is 0.138. The number of hydrogen-bond acceptors (Lipinski definition) is 6. The minimum Gasteiger partial charge on any atom is -0.454 e. The van der Waals surface area contributed by atoms with Gasteiger partial charge in [-0.3, -0.25) is 9.52 Å². The summed E-state index contributed by atoms with van der Waals surface area (Å²) in [6.07, 6.45) is 2.84. The number of para-hydroxylation sites is 2.